The van der Waals surface area contributed by atoms with Crippen LogP contribution >= 0.6 is 0 Å². The molecule has 0 aromatic heterocycles. The van der Waals surface area contributed by atoms with Gasteiger partial charge in [-0.3, -0.25) is 0 Å². The van der Waals surface area contributed by atoms with E-state index in [9.17, 15) is 10.2 Å². The first-order chi connectivity index (χ1) is 5.57. The van der Waals surface area contributed by atoms with Crippen molar-refractivity contribution in [1.82, 2.24) is 0 Å². The highest BCUT2D eigenvalue weighted by atomic mass is 16.7. The van der Waals surface area contributed by atoms with Crippen molar-refractivity contribution < 1.29 is 19.7 Å². The van der Waals surface area contributed by atoms with Crippen molar-refractivity contribution in [2.24, 2.45) is 5.73 Å². The van der Waals surface area contributed by atoms with Crippen LogP contribution in [0.5, 0.6) is 0 Å². The Morgan fingerprint density at radius 1 is 1.42 bits per heavy atom. The SMILES string of the molecule is COC1OC(C(C)N)C(O)C1O. The summed E-state index contributed by atoms with van der Waals surface area (Å²) in [5.74, 6) is 0. The molecule has 0 amide bonds. The molecule has 4 N–H and O–H groups in total. The van der Waals surface area contributed by atoms with Gasteiger partial charge in [0.15, 0.2) is 6.29 Å². The predicted molar refractivity (Wildman–Crippen MR) is 41.3 cm³/mol. The second kappa shape index (κ2) is 3.68. The van der Waals surface area contributed by atoms with Crippen molar-refractivity contribution in [1.29, 1.82) is 0 Å². The Balaban J connectivity index is 2.60. The summed E-state index contributed by atoms with van der Waals surface area (Å²) in [7, 11) is 1.41. The Morgan fingerprint density at radius 2 is 2.00 bits per heavy atom. The minimum absolute atomic E-state index is 0.324. The van der Waals surface area contributed by atoms with Crippen molar-refractivity contribution in [3.05, 3.63) is 0 Å². The van der Waals surface area contributed by atoms with E-state index in [4.69, 9.17) is 15.2 Å². The van der Waals surface area contributed by atoms with E-state index in [-0.39, 0.29) is 6.04 Å². The summed E-state index contributed by atoms with van der Waals surface area (Å²) in [5, 5.41) is 18.7. The lowest BCUT2D eigenvalue weighted by molar-refractivity contribution is -0.150. The predicted octanol–water partition coefficient (Wildman–Crippen LogP) is -1.57. The molecule has 1 aliphatic heterocycles. The first-order valence-electron chi connectivity index (χ1n) is 3.88. The average molecular weight is 177 g/mol. The Bertz CT molecular complexity index is 152. The van der Waals surface area contributed by atoms with Crippen molar-refractivity contribution in [3.63, 3.8) is 0 Å². The topological polar surface area (TPSA) is 84.9 Å². The highest BCUT2D eigenvalue weighted by Gasteiger charge is 2.44. The standard InChI is InChI=1S/C7H15NO4/c1-3(8)6-4(9)5(10)7(11-2)12-6/h3-7,9-10H,8H2,1-2H3. The molecule has 1 aliphatic rings. The summed E-state index contributed by atoms with van der Waals surface area (Å²) in [6.45, 7) is 1.71. The van der Waals surface area contributed by atoms with Gasteiger partial charge in [-0.15, -0.1) is 0 Å². The number of aliphatic hydroxyl groups excluding tert-OH is 2. The van der Waals surface area contributed by atoms with Gasteiger partial charge >= 0.3 is 0 Å². The molecule has 0 bridgehead atoms. The highest BCUT2D eigenvalue weighted by molar-refractivity contribution is 4.90. The molecular weight excluding hydrogens is 162 g/mol. The zero-order valence-corrected chi connectivity index (χ0v) is 7.18. The summed E-state index contributed by atoms with van der Waals surface area (Å²) in [6, 6.07) is -0.324. The summed E-state index contributed by atoms with van der Waals surface area (Å²) >= 11 is 0. The number of ether oxygens (including phenoxy) is 2. The summed E-state index contributed by atoms with van der Waals surface area (Å²) in [5.41, 5.74) is 5.52. The molecule has 1 rings (SSSR count). The minimum Gasteiger partial charge on any atom is -0.387 e. The van der Waals surface area contributed by atoms with Crippen LogP contribution in [0.4, 0.5) is 0 Å². The Kier molecular flexibility index (Phi) is 3.03. The van der Waals surface area contributed by atoms with E-state index in [2.05, 4.69) is 0 Å². The molecule has 0 aromatic carbocycles. The normalized spacial score (nSPS) is 44.8. The summed E-state index contributed by atoms with van der Waals surface area (Å²) in [6.07, 6.45) is -3.29. The van der Waals surface area contributed by atoms with Crippen LogP contribution in [0, 0.1) is 0 Å². The molecule has 1 fully saturated rings. The van der Waals surface area contributed by atoms with E-state index in [0.29, 0.717) is 0 Å². The number of rotatable bonds is 2. The van der Waals surface area contributed by atoms with E-state index >= 15 is 0 Å². The third kappa shape index (κ3) is 1.60. The van der Waals surface area contributed by atoms with Crippen molar-refractivity contribution >= 4 is 0 Å². The van der Waals surface area contributed by atoms with Gasteiger partial charge in [0.1, 0.15) is 18.3 Å². The quantitative estimate of drug-likeness (QED) is 0.474. The molecule has 0 aromatic rings. The fraction of sp³-hybridized carbons (Fsp3) is 1.00. The highest BCUT2D eigenvalue weighted by Crippen LogP contribution is 2.22. The van der Waals surface area contributed by atoms with Crippen LogP contribution in [0.2, 0.25) is 0 Å². The first kappa shape index (κ1) is 9.88. The number of nitrogens with two attached hydrogens (primary N) is 1. The lowest BCUT2D eigenvalue weighted by Crippen LogP contribution is -2.41. The second-order valence-corrected chi connectivity index (χ2v) is 3.05. The molecule has 0 saturated carbocycles. The zero-order valence-electron chi connectivity index (χ0n) is 7.18. The second-order valence-electron chi connectivity index (χ2n) is 3.05. The smallest absolute Gasteiger partial charge is 0.186 e. The summed E-state index contributed by atoms with van der Waals surface area (Å²) in [4.78, 5) is 0. The van der Waals surface area contributed by atoms with Crippen LogP contribution < -0.4 is 5.73 Å². The van der Waals surface area contributed by atoms with Crippen molar-refractivity contribution in [3.8, 4) is 0 Å². The molecule has 5 nitrogen and oxygen atoms in total. The lowest BCUT2D eigenvalue weighted by Gasteiger charge is -2.17. The number of aliphatic hydroxyl groups is 2. The van der Waals surface area contributed by atoms with E-state index in [1.165, 1.54) is 7.11 Å². The van der Waals surface area contributed by atoms with Crippen LogP contribution in [-0.2, 0) is 9.47 Å². The van der Waals surface area contributed by atoms with Gasteiger partial charge in [0.05, 0.1) is 0 Å². The molecule has 0 spiro atoms. The maximum Gasteiger partial charge on any atom is 0.186 e. The average Bonchev–Trinajstić information content (AvgIpc) is 2.30. The van der Waals surface area contributed by atoms with Crippen LogP contribution in [0.1, 0.15) is 6.92 Å². The van der Waals surface area contributed by atoms with Gasteiger partial charge in [0.2, 0.25) is 0 Å². The van der Waals surface area contributed by atoms with Gasteiger partial charge in [0, 0.05) is 13.2 Å². The Labute approximate surface area is 71.1 Å². The third-order valence-electron chi connectivity index (χ3n) is 2.01. The van der Waals surface area contributed by atoms with E-state index in [1.54, 1.807) is 6.92 Å². The first-order valence-corrected chi connectivity index (χ1v) is 3.88. The molecule has 1 heterocycles. The van der Waals surface area contributed by atoms with Crippen LogP contribution in [-0.4, -0.2) is 48.0 Å². The van der Waals surface area contributed by atoms with Crippen molar-refractivity contribution in [2.75, 3.05) is 7.11 Å². The van der Waals surface area contributed by atoms with Crippen LogP contribution in [0.3, 0.4) is 0 Å². The zero-order chi connectivity index (χ0) is 9.30. The van der Waals surface area contributed by atoms with Gasteiger partial charge in [-0.25, -0.2) is 0 Å². The molecular formula is C7H15NO4. The van der Waals surface area contributed by atoms with Crippen molar-refractivity contribution in [2.45, 2.75) is 37.6 Å². The fourth-order valence-corrected chi connectivity index (χ4v) is 1.30. The fourth-order valence-electron chi connectivity index (χ4n) is 1.30. The van der Waals surface area contributed by atoms with Gasteiger partial charge < -0.3 is 25.4 Å². The van der Waals surface area contributed by atoms with Gasteiger partial charge in [-0.2, -0.15) is 0 Å². The van der Waals surface area contributed by atoms with E-state index in [1.807, 2.05) is 0 Å². The number of hydrogen-bond donors (Lipinski definition) is 3. The van der Waals surface area contributed by atoms with Gasteiger partial charge in [0.25, 0.3) is 0 Å². The Hall–Kier alpha value is -0.200. The summed E-state index contributed by atoms with van der Waals surface area (Å²) < 4.78 is 9.94. The van der Waals surface area contributed by atoms with E-state index < -0.39 is 24.6 Å². The lowest BCUT2D eigenvalue weighted by atomic mass is 10.1. The molecule has 1 saturated heterocycles. The number of hydrogen-bond acceptors (Lipinski definition) is 5. The molecule has 0 radical (unpaired) electrons. The monoisotopic (exact) mass is 177 g/mol. The molecule has 5 unspecified atom stereocenters. The Morgan fingerprint density at radius 3 is 2.25 bits per heavy atom. The van der Waals surface area contributed by atoms with Gasteiger partial charge in [-0.1, -0.05) is 0 Å². The molecule has 5 heteroatoms. The maximum absolute atomic E-state index is 9.39. The minimum atomic E-state index is -1.01. The molecule has 5 atom stereocenters. The molecule has 72 valence electrons. The number of methoxy groups -OCH3 is 1. The largest absolute Gasteiger partial charge is 0.387 e. The van der Waals surface area contributed by atoms with Crippen LogP contribution in [0.25, 0.3) is 0 Å². The van der Waals surface area contributed by atoms with Gasteiger partial charge in [-0.05, 0) is 6.92 Å². The third-order valence-corrected chi connectivity index (χ3v) is 2.01. The molecule has 12 heavy (non-hydrogen) atoms. The van der Waals surface area contributed by atoms with Crippen LogP contribution in [0.15, 0.2) is 0 Å². The maximum atomic E-state index is 9.39. The molecule has 0 aliphatic carbocycles. The van der Waals surface area contributed by atoms with E-state index in [0.717, 1.165) is 0 Å².